The molecule has 5 nitrogen and oxygen atoms in total. The van der Waals surface area contributed by atoms with Gasteiger partial charge in [0, 0.05) is 26.2 Å². The van der Waals surface area contributed by atoms with E-state index in [2.05, 4.69) is 57.8 Å². The Bertz CT molecular complexity index is 1290. The van der Waals surface area contributed by atoms with Gasteiger partial charge in [-0.05, 0) is 41.8 Å². The lowest BCUT2D eigenvalue weighted by Gasteiger charge is -2.25. The third-order valence-corrected chi connectivity index (χ3v) is 6.44. The van der Waals surface area contributed by atoms with Gasteiger partial charge in [0.2, 0.25) is 0 Å². The van der Waals surface area contributed by atoms with Crippen molar-refractivity contribution in [1.29, 1.82) is 0 Å². The fourth-order valence-corrected chi connectivity index (χ4v) is 4.64. The number of hydrogen-bond acceptors (Lipinski definition) is 4. The number of ether oxygens (including phenoxy) is 2. The van der Waals surface area contributed by atoms with Crippen LogP contribution in [-0.2, 0) is 26.2 Å². The summed E-state index contributed by atoms with van der Waals surface area (Å²) >= 11 is 0. The highest BCUT2D eigenvalue weighted by molar-refractivity contribution is 5.57. The zero-order chi connectivity index (χ0) is 24.7. The number of nitrogens with zero attached hydrogens (tertiary/aromatic N) is 3. The summed E-state index contributed by atoms with van der Waals surface area (Å²) in [5, 5.41) is 0. The lowest BCUT2D eigenvalue weighted by molar-refractivity contribution is 0.170. The Morgan fingerprint density at radius 3 is 2.42 bits per heavy atom. The first-order valence-electron chi connectivity index (χ1n) is 12.7. The van der Waals surface area contributed by atoms with Gasteiger partial charge in [-0.15, -0.1) is 0 Å². The molecule has 4 aromatic rings. The molecule has 1 aliphatic heterocycles. The number of rotatable bonds is 10. The summed E-state index contributed by atoms with van der Waals surface area (Å²) in [5.74, 6) is 2.04. The largest absolute Gasteiger partial charge is 0.486 e. The van der Waals surface area contributed by atoms with Crippen LogP contribution in [0, 0.1) is 5.82 Å². The van der Waals surface area contributed by atoms with E-state index in [4.69, 9.17) is 9.47 Å². The molecule has 0 spiro atoms. The molecule has 0 saturated carbocycles. The monoisotopic (exact) mass is 485 g/mol. The topological polar surface area (TPSA) is 39.5 Å². The van der Waals surface area contributed by atoms with Crippen LogP contribution in [0.3, 0.4) is 0 Å². The Labute approximate surface area is 212 Å². The molecular formula is C30H32FN3O2. The molecule has 0 unspecified atom stereocenters. The van der Waals surface area contributed by atoms with E-state index in [1.54, 1.807) is 12.1 Å². The molecule has 0 atom stereocenters. The smallest absolute Gasteiger partial charge is 0.161 e. The maximum atomic E-state index is 14.7. The van der Waals surface area contributed by atoms with E-state index in [0.29, 0.717) is 31.1 Å². The lowest BCUT2D eigenvalue weighted by atomic mass is 10.1. The Morgan fingerprint density at radius 1 is 0.861 bits per heavy atom. The Hall–Kier alpha value is -3.64. The first kappa shape index (κ1) is 24.1. The Kier molecular flexibility index (Phi) is 7.62. The second kappa shape index (κ2) is 11.4. The summed E-state index contributed by atoms with van der Waals surface area (Å²) in [7, 11) is 0. The van der Waals surface area contributed by atoms with Crippen molar-refractivity contribution in [2.45, 2.75) is 45.9 Å². The van der Waals surface area contributed by atoms with Crippen LogP contribution in [0.15, 0.2) is 79.0 Å². The molecule has 0 amide bonds. The Morgan fingerprint density at radius 2 is 1.61 bits per heavy atom. The number of fused-ring (bicyclic) bond motifs is 1. The summed E-state index contributed by atoms with van der Waals surface area (Å²) in [6.07, 6.45) is 3.96. The van der Waals surface area contributed by atoms with Gasteiger partial charge in [0.05, 0.1) is 17.5 Å². The molecule has 1 aromatic heterocycles. The van der Waals surface area contributed by atoms with Crippen LogP contribution < -0.4 is 9.47 Å². The summed E-state index contributed by atoms with van der Waals surface area (Å²) < 4.78 is 28.4. The quantitative estimate of drug-likeness (QED) is 0.258. The maximum Gasteiger partial charge on any atom is 0.161 e. The maximum absolute atomic E-state index is 14.7. The third-order valence-electron chi connectivity index (χ3n) is 6.44. The molecule has 0 fully saturated rings. The second-order valence-electron chi connectivity index (χ2n) is 9.17. The van der Waals surface area contributed by atoms with Gasteiger partial charge >= 0.3 is 0 Å². The number of aromatic nitrogens is 2. The van der Waals surface area contributed by atoms with Crippen LogP contribution in [0.4, 0.5) is 4.39 Å². The van der Waals surface area contributed by atoms with E-state index < -0.39 is 0 Å². The molecule has 0 N–H and O–H groups in total. The van der Waals surface area contributed by atoms with Crippen LogP contribution >= 0.6 is 0 Å². The van der Waals surface area contributed by atoms with Gasteiger partial charge in [-0.2, -0.15) is 0 Å². The molecular weight excluding hydrogens is 453 g/mol. The van der Waals surface area contributed by atoms with Crippen LogP contribution in [0.1, 0.15) is 36.6 Å². The average molecular weight is 486 g/mol. The minimum atomic E-state index is -0.246. The predicted octanol–water partition coefficient (Wildman–Crippen LogP) is 6.46. The number of imidazole rings is 1. The van der Waals surface area contributed by atoms with E-state index in [1.807, 2.05) is 24.4 Å². The number of halogens is 1. The van der Waals surface area contributed by atoms with Gasteiger partial charge in [-0.25, -0.2) is 9.37 Å². The third kappa shape index (κ3) is 5.60. The molecule has 2 heterocycles. The SMILES string of the molecule is CCCCn1c(CN(Cc2ccccc2)Cc2ccc3c(c2)OCCO3)cnc1-c1ccccc1F. The van der Waals surface area contributed by atoms with Gasteiger partial charge in [0.25, 0.3) is 0 Å². The number of unbranched alkanes of at least 4 members (excludes halogenated alkanes) is 1. The van der Waals surface area contributed by atoms with Crippen molar-refractivity contribution in [2.75, 3.05) is 13.2 Å². The highest BCUT2D eigenvalue weighted by atomic mass is 19.1. The summed E-state index contributed by atoms with van der Waals surface area (Å²) in [6, 6.07) is 23.5. The molecule has 0 saturated heterocycles. The molecule has 3 aromatic carbocycles. The van der Waals surface area contributed by atoms with Crippen molar-refractivity contribution < 1.29 is 13.9 Å². The van der Waals surface area contributed by atoms with E-state index in [9.17, 15) is 4.39 Å². The van der Waals surface area contributed by atoms with E-state index >= 15 is 0 Å². The van der Waals surface area contributed by atoms with Crippen LogP contribution in [0.2, 0.25) is 0 Å². The fourth-order valence-electron chi connectivity index (χ4n) is 4.64. The van der Waals surface area contributed by atoms with Crippen molar-refractivity contribution >= 4 is 0 Å². The van der Waals surface area contributed by atoms with Crippen LogP contribution in [0.25, 0.3) is 11.4 Å². The highest BCUT2D eigenvalue weighted by Gasteiger charge is 2.19. The van der Waals surface area contributed by atoms with Gasteiger partial charge in [0.1, 0.15) is 24.9 Å². The fraction of sp³-hybridized carbons (Fsp3) is 0.300. The molecule has 1 aliphatic rings. The highest BCUT2D eigenvalue weighted by Crippen LogP contribution is 2.32. The van der Waals surface area contributed by atoms with Gasteiger partial charge in [0.15, 0.2) is 11.5 Å². The summed E-state index contributed by atoms with van der Waals surface area (Å²) in [5.41, 5.74) is 4.02. The Balaban J connectivity index is 1.45. The van der Waals surface area contributed by atoms with Crippen molar-refractivity contribution in [3.05, 3.63) is 102 Å². The number of benzene rings is 3. The van der Waals surface area contributed by atoms with E-state index in [-0.39, 0.29) is 5.82 Å². The zero-order valence-corrected chi connectivity index (χ0v) is 20.7. The molecule has 0 bridgehead atoms. The molecule has 5 rings (SSSR count). The molecule has 0 radical (unpaired) electrons. The normalized spacial score (nSPS) is 12.8. The van der Waals surface area contributed by atoms with Crippen molar-refractivity contribution in [2.24, 2.45) is 0 Å². The van der Waals surface area contributed by atoms with Gasteiger partial charge < -0.3 is 14.0 Å². The van der Waals surface area contributed by atoms with E-state index in [1.165, 1.54) is 11.6 Å². The van der Waals surface area contributed by atoms with Gasteiger partial charge in [-0.3, -0.25) is 4.90 Å². The average Bonchev–Trinajstić information content (AvgIpc) is 3.30. The minimum absolute atomic E-state index is 0.246. The van der Waals surface area contributed by atoms with Crippen molar-refractivity contribution in [3.8, 4) is 22.9 Å². The lowest BCUT2D eigenvalue weighted by Crippen LogP contribution is -2.24. The first-order chi connectivity index (χ1) is 17.7. The number of hydrogen-bond donors (Lipinski definition) is 0. The van der Waals surface area contributed by atoms with Crippen molar-refractivity contribution in [3.63, 3.8) is 0 Å². The minimum Gasteiger partial charge on any atom is -0.486 e. The molecule has 36 heavy (non-hydrogen) atoms. The molecule has 6 heteroatoms. The summed E-state index contributed by atoms with van der Waals surface area (Å²) in [6.45, 7) is 6.33. The summed E-state index contributed by atoms with van der Waals surface area (Å²) in [4.78, 5) is 7.08. The van der Waals surface area contributed by atoms with Crippen molar-refractivity contribution in [1.82, 2.24) is 14.5 Å². The zero-order valence-electron chi connectivity index (χ0n) is 20.7. The van der Waals surface area contributed by atoms with Crippen LogP contribution in [0.5, 0.6) is 11.5 Å². The predicted molar refractivity (Wildman–Crippen MR) is 139 cm³/mol. The molecule has 186 valence electrons. The van der Waals surface area contributed by atoms with E-state index in [0.717, 1.165) is 55.2 Å². The first-order valence-corrected chi connectivity index (χ1v) is 12.7. The van der Waals surface area contributed by atoms with Crippen LogP contribution in [-0.4, -0.2) is 27.7 Å². The standard InChI is InChI=1S/C30H32FN3O2/c1-2-3-15-34-25(19-32-30(34)26-11-7-8-12-27(26)31)22-33(20-23-9-5-4-6-10-23)21-24-13-14-28-29(18-24)36-17-16-35-28/h4-14,18-19H,2-3,15-17,20-22H2,1H3. The second-order valence-corrected chi connectivity index (χ2v) is 9.17. The van der Waals surface area contributed by atoms with Gasteiger partial charge in [-0.1, -0.05) is 61.9 Å². The molecule has 0 aliphatic carbocycles.